The van der Waals surface area contributed by atoms with Gasteiger partial charge in [-0.05, 0) is 40.9 Å². The summed E-state index contributed by atoms with van der Waals surface area (Å²) in [4.78, 5) is 31.8. The highest BCUT2D eigenvalue weighted by molar-refractivity contribution is 9.10. The van der Waals surface area contributed by atoms with Crippen LogP contribution in [0.2, 0.25) is 0 Å². The third-order valence-electron chi connectivity index (χ3n) is 3.53. The molecule has 108 valence electrons. The van der Waals surface area contributed by atoms with E-state index in [-0.39, 0.29) is 17.7 Å². The van der Waals surface area contributed by atoms with Crippen molar-refractivity contribution in [2.24, 2.45) is 5.92 Å². The van der Waals surface area contributed by atoms with Crippen molar-refractivity contribution in [2.45, 2.75) is 12.8 Å². The van der Waals surface area contributed by atoms with Crippen LogP contribution in [0.1, 0.15) is 23.3 Å². The molecule has 2 rings (SSSR count). The highest BCUT2D eigenvalue weighted by Crippen LogP contribution is 2.22. The summed E-state index contributed by atoms with van der Waals surface area (Å²) < 4.78 is 0.705. The smallest absolute Gasteiger partial charge is 0.273 e. The van der Waals surface area contributed by atoms with E-state index in [9.17, 15) is 9.59 Å². The number of rotatable bonds is 2. The van der Waals surface area contributed by atoms with Crippen molar-refractivity contribution in [2.75, 3.05) is 27.2 Å². The van der Waals surface area contributed by atoms with E-state index in [1.807, 2.05) is 6.07 Å². The van der Waals surface area contributed by atoms with Crippen molar-refractivity contribution in [3.05, 3.63) is 28.5 Å². The molecule has 0 saturated carbocycles. The van der Waals surface area contributed by atoms with Crippen LogP contribution >= 0.6 is 15.9 Å². The van der Waals surface area contributed by atoms with Gasteiger partial charge < -0.3 is 9.80 Å². The third kappa shape index (κ3) is 3.17. The quantitative estimate of drug-likeness (QED) is 0.825. The van der Waals surface area contributed by atoms with Crippen molar-refractivity contribution in [3.8, 4) is 0 Å². The molecule has 0 bridgehead atoms. The molecule has 0 aliphatic carbocycles. The Balaban J connectivity index is 1.99. The number of likely N-dealkylation sites (tertiary alicyclic amines) is 1. The Kier molecular flexibility index (Phi) is 4.75. The number of amides is 2. The fraction of sp³-hybridized carbons (Fsp3) is 0.500. The molecule has 0 spiro atoms. The van der Waals surface area contributed by atoms with Gasteiger partial charge in [-0.15, -0.1) is 0 Å². The summed E-state index contributed by atoms with van der Waals surface area (Å²) in [5.41, 5.74) is 0.435. The molecule has 1 aromatic rings. The molecule has 20 heavy (non-hydrogen) atoms. The van der Waals surface area contributed by atoms with Crippen LogP contribution in [-0.4, -0.2) is 53.8 Å². The van der Waals surface area contributed by atoms with Crippen LogP contribution in [0.3, 0.4) is 0 Å². The van der Waals surface area contributed by atoms with Gasteiger partial charge in [0.05, 0.1) is 0 Å². The fourth-order valence-corrected chi connectivity index (χ4v) is 2.81. The van der Waals surface area contributed by atoms with Crippen molar-refractivity contribution >= 4 is 27.7 Å². The number of pyridine rings is 1. The van der Waals surface area contributed by atoms with Gasteiger partial charge in [0.15, 0.2) is 0 Å². The molecule has 0 radical (unpaired) electrons. The number of carbonyl (C=O) groups excluding carboxylic acids is 2. The van der Waals surface area contributed by atoms with Crippen LogP contribution < -0.4 is 0 Å². The summed E-state index contributed by atoms with van der Waals surface area (Å²) in [6.07, 6.45) is 3.04. The van der Waals surface area contributed by atoms with Crippen LogP contribution in [-0.2, 0) is 4.79 Å². The Morgan fingerprint density at radius 1 is 1.35 bits per heavy atom. The van der Waals surface area contributed by atoms with Crippen LogP contribution in [0, 0.1) is 5.92 Å². The molecule has 0 aromatic carbocycles. The van der Waals surface area contributed by atoms with Gasteiger partial charge in [-0.25, -0.2) is 4.98 Å². The topological polar surface area (TPSA) is 53.5 Å². The van der Waals surface area contributed by atoms with Gasteiger partial charge >= 0.3 is 0 Å². The van der Waals surface area contributed by atoms with Gasteiger partial charge in [0.1, 0.15) is 5.69 Å². The Morgan fingerprint density at radius 2 is 2.00 bits per heavy atom. The monoisotopic (exact) mass is 339 g/mol. The van der Waals surface area contributed by atoms with Gasteiger partial charge in [0.25, 0.3) is 5.91 Å². The standard InChI is InChI=1S/C14H18BrN3O2/c1-17(2)13(19)10-5-8-18(9-6-10)14(20)12-11(15)4-3-7-16-12/h3-4,7,10H,5-6,8-9H2,1-2H3. The number of hydrogen-bond donors (Lipinski definition) is 0. The van der Waals surface area contributed by atoms with Crippen LogP contribution in [0.25, 0.3) is 0 Å². The molecule has 0 N–H and O–H groups in total. The summed E-state index contributed by atoms with van der Waals surface area (Å²) in [5.74, 6) is 0.102. The Morgan fingerprint density at radius 3 is 2.55 bits per heavy atom. The van der Waals surface area contributed by atoms with Gasteiger partial charge in [-0.3, -0.25) is 9.59 Å². The highest BCUT2D eigenvalue weighted by atomic mass is 79.9. The summed E-state index contributed by atoms with van der Waals surface area (Å²) in [7, 11) is 3.54. The molecule has 1 saturated heterocycles. The molecule has 5 nitrogen and oxygen atoms in total. The molecule has 0 atom stereocenters. The van der Waals surface area contributed by atoms with Gasteiger partial charge in [0, 0.05) is 43.8 Å². The van der Waals surface area contributed by atoms with E-state index >= 15 is 0 Å². The van der Waals surface area contributed by atoms with Crippen LogP contribution in [0.4, 0.5) is 0 Å². The molecule has 1 fully saturated rings. The minimum Gasteiger partial charge on any atom is -0.349 e. The predicted molar refractivity (Wildman–Crippen MR) is 79.3 cm³/mol. The van der Waals surface area contributed by atoms with E-state index in [1.165, 1.54) is 0 Å². The SMILES string of the molecule is CN(C)C(=O)C1CCN(C(=O)c2ncccc2Br)CC1. The predicted octanol–water partition coefficient (Wildman–Crippen LogP) is 1.78. The van der Waals surface area contributed by atoms with E-state index < -0.39 is 0 Å². The Hall–Kier alpha value is -1.43. The first-order valence-corrected chi connectivity index (χ1v) is 7.41. The normalized spacial score (nSPS) is 16.1. The van der Waals surface area contributed by atoms with E-state index in [2.05, 4.69) is 20.9 Å². The first-order chi connectivity index (χ1) is 9.50. The molecule has 2 heterocycles. The number of nitrogens with zero attached hydrogens (tertiary/aromatic N) is 3. The first kappa shape index (κ1) is 15.0. The fourth-order valence-electron chi connectivity index (χ4n) is 2.39. The summed E-state index contributed by atoms with van der Waals surface area (Å²) in [6, 6.07) is 3.59. The molecule has 1 aromatic heterocycles. The maximum Gasteiger partial charge on any atom is 0.273 e. The van der Waals surface area contributed by atoms with Crippen molar-refractivity contribution in [3.63, 3.8) is 0 Å². The number of piperidine rings is 1. The summed E-state index contributed by atoms with van der Waals surface area (Å²) >= 11 is 3.35. The lowest BCUT2D eigenvalue weighted by molar-refractivity contribution is -0.134. The molecule has 2 amide bonds. The third-order valence-corrected chi connectivity index (χ3v) is 4.17. The molecule has 1 aliphatic heterocycles. The largest absolute Gasteiger partial charge is 0.349 e. The van der Waals surface area contributed by atoms with Crippen LogP contribution in [0.15, 0.2) is 22.8 Å². The summed E-state index contributed by atoms with van der Waals surface area (Å²) in [6.45, 7) is 1.21. The Bertz CT molecular complexity index is 511. The minimum absolute atomic E-state index is 0.0289. The zero-order chi connectivity index (χ0) is 14.7. The maximum atomic E-state index is 12.4. The van der Waals surface area contributed by atoms with Crippen molar-refractivity contribution in [1.82, 2.24) is 14.8 Å². The number of carbonyl (C=O) groups is 2. The van der Waals surface area contributed by atoms with Gasteiger partial charge in [0.2, 0.25) is 5.91 Å². The van der Waals surface area contributed by atoms with Crippen LogP contribution in [0.5, 0.6) is 0 Å². The zero-order valence-corrected chi connectivity index (χ0v) is 13.3. The van der Waals surface area contributed by atoms with E-state index in [0.29, 0.717) is 36.1 Å². The number of hydrogen-bond acceptors (Lipinski definition) is 3. The minimum atomic E-state index is -0.0757. The lowest BCUT2D eigenvalue weighted by Gasteiger charge is -2.32. The lowest BCUT2D eigenvalue weighted by atomic mass is 9.95. The average molecular weight is 340 g/mol. The molecule has 6 heteroatoms. The maximum absolute atomic E-state index is 12.4. The second kappa shape index (κ2) is 6.35. The van der Waals surface area contributed by atoms with E-state index in [1.54, 1.807) is 36.2 Å². The molecular formula is C14H18BrN3O2. The first-order valence-electron chi connectivity index (χ1n) is 6.61. The number of aromatic nitrogens is 1. The molecular weight excluding hydrogens is 322 g/mol. The second-order valence-electron chi connectivity index (χ2n) is 5.13. The summed E-state index contributed by atoms with van der Waals surface area (Å²) in [5, 5.41) is 0. The van der Waals surface area contributed by atoms with Gasteiger partial charge in [-0.1, -0.05) is 0 Å². The van der Waals surface area contributed by atoms with Gasteiger partial charge in [-0.2, -0.15) is 0 Å². The molecule has 0 unspecified atom stereocenters. The lowest BCUT2D eigenvalue weighted by Crippen LogP contribution is -2.43. The number of halogens is 1. The van der Waals surface area contributed by atoms with Crippen molar-refractivity contribution in [1.29, 1.82) is 0 Å². The van der Waals surface area contributed by atoms with E-state index in [4.69, 9.17) is 0 Å². The average Bonchev–Trinajstić information content (AvgIpc) is 2.46. The second-order valence-corrected chi connectivity index (χ2v) is 5.99. The zero-order valence-electron chi connectivity index (χ0n) is 11.7. The molecule has 1 aliphatic rings. The van der Waals surface area contributed by atoms with Crippen molar-refractivity contribution < 1.29 is 9.59 Å². The highest BCUT2D eigenvalue weighted by Gasteiger charge is 2.29. The van der Waals surface area contributed by atoms with E-state index in [0.717, 1.165) is 0 Å². The Labute approximate surface area is 127 Å².